The number of hydrogen-bond donors (Lipinski definition) is 3. The summed E-state index contributed by atoms with van der Waals surface area (Å²) in [6.07, 6.45) is 1.86. The Hall–Kier alpha value is -2.58. The lowest BCUT2D eigenvalue weighted by molar-refractivity contribution is -0.123. The molecule has 1 fully saturated rings. The number of aromatic amines is 1. The highest BCUT2D eigenvalue weighted by Gasteiger charge is 2.35. The van der Waals surface area contributed by atoms with Gasteiger partial charge in [0.2, 0.25) is 17.8 Å². The largest absolute Gasteiger partial charge is 0.342 e. The monoisotopic (exact) mass is 449 g/mol. The number of fused-ring (bicyclic) bond motifs is 1. The van der Waals surface area contributed by atoms with Crippen molar-refractivity contribution in [3.8, 4) is 0 Å². The van der Waals surface area contributed by atoms with E-state index >= 15 is 0 Å². The molecular weight excluding hydrogens is 429 g/mol. The normalized spacial score (nSPS) is 19.2. The van der Waals surface area contributed by atoms with E-state index in [0.717, 1.165) is 25.9 Å². The highest BCUT2D eigenvalue weighted by Crippen LogP contribution is 2.32. The molecule has 1 aromatic carbocycles. The van der Waals surface area contributed by atoms with Gasteiger partial charge in [-0.15, -0.1) is 0 Å². The summed E-state index contributed by atoms with van der Waals surface area (Å²) in [5, 5.41) is 5.98. The van der Waals surface area contributed by atoms with Crippen LogP contribution in [0.3, 0.4) is 0 Å². The van der Waals surface area contributed by atoms with Crippen LogP contribution < -0.4 is 21.1 Å². The van der Waals surface area contributed by atoms with Crippen molar-refractivity contribution < 1.29 is 9.59 Å². The van der Waals surface area contributed by atoms with E-state index in [-0.39, 0.29) is 28.7 Å². The lowest BCUT2D eigenvalue weighted by atomic mass is 9.92. The van der Waals surface area contributed by atoms with Crippen molar-refractivity contribution in [1.29, 1.82) is 0 Å². The molecule has 2 amide bonds. The Kier molecular flexibility index (Phi) is 5.71. The fourth-order valence-electron chi connectivity index (χ4n) is 3.76. The predicted molar refractivity (Wildman–Crippen MR) is 117 cm³/mol. The molecule has 0 spiro atoms. The van der Waals surface area contributed by atoms with Gasteiger partial charge in [-0.2, -0.15) is 4.98 Å². The molecule has 158 valence electrons. The van der Waals surface area contributed by atoms with Crippen LogP contribution in [0.5, 0.6) is 0 Å². The molecule has 4 rings (SSSR count). The molecule has 10 heteroatoms. The Morgan fingerprint density at radius 3 is 2.63 bits per heavy atom. The van der Waals surface area contributed by atoms with Crippen LogP contribution in [-0.2, 0) is 9.59 Å². The Morgan fingerprint density at radius 1 is 1.20 bits per heavy atom. The number of benzene rings is 1. The minimum absolute atomic E-state index is 0.137. The van der Waals surface area contributed by atoms with E-state index in [9.17, 15) is 14.4 Å². The second-order valence-electron chi connectivity index (χ2n) is 7.74. The summed E-state index contributed by atoms with van der Waals surface area (Å²) in [5.74, 6) is -0.645. The molecule has 30 heavy (non-hydrogen) atoms. The average molecular weight is 450 g/mol. The number of aromatic nitrogens is 2. The number of nitrogens with one attached hydrogen (secondary N) is 3. The van der Waals surface area contributed by atoms with Gasteiger partial charge in [0.25, 0.3) is 5.56 Å². The van der Waals surface area contributed by atoms with Gasteiger partial charge in [0.15, 0.2) is 0 Å². The first-order chi connectivity index (χ1) is 14.3. The number of carbonyl (C=O) groups excluding carboxylic acids is 2. The summed E-state index contributed by atoms with van der Waals surface area (Å²) in [4.78, 5) is 47.2. The number of carbonyl (C=O) groups is 2. The number of hydrogen-bond acceptors (Lipinski definition) is 5. The maximum atomic E-state index is 12.9. The van der Waals surface area contributed by atoms with E-state index in [1.807, 2.05) is 4.90 Å². The van der Waals surface area contributed by atoms with Crippen molar-refractivity contribution in [2.75, 3.05) is 28.6 Å². The summed E-state index contributed by atoms with van der Waals surface area (Å²) in [6.45, 7) is 3.74. The minimum Gasteiger partial charge on any atom is -0.342 e. The van der Waals surface area contributed by atoms with E-state index < -0.39 is 17.4 Å². The zero-order chi connectivity index (χ0) is 21.4. The van der Waals surface area contributed by atoms with Crippen LogP contribution in [0.4, 0.5) is 17.5 Å². The predicted octanol–water partition coefficient (Wildman–Crippen LogP) is 3.38. The number of nitrogens with zero attached hydrogens (tertiary/aromatic N) is 2. The van der Waals surface area contributed by atoms with E-state index in [1.165, 1.54) is 6.07 Å². The molecule has 0 bridgehead atoms. The topological polar surface area (TPSA) is 107 Å². The Balaban J connectivity index is 1.62. The minimum atomic E-state index is -0.963. The molecule has 2 aliphatic heterocycles. The quantitative estimate of drug-likeness (QED) is 0.665. The second kappa shape index (κ2) is 8.28. The fourth-order valence-corrected chi connectivity index (χ4v) is 4.05. The SMILES string of the molecule is CC1CCN(c2nc3c(c(=O)[nH]2)[C@H](C(=O)Nc2ccc(Cl)c(Cl)c2)CC(=O)N3)CC1. The summed E-state index contributed by atoms with van der Waals surface area (Å²) < 4.78 is 0. The smallest absolute Gasteiger partial charge is 0.258 e. The van der Waals surface area contributed by atoms with Crippen molar-refractivity contribution in [2.24, 2.45) is 5.92 Å². The van der Waals surface area contributed by atoms with Crippen LogP contribution >= 0.6 is 23.2 Å². The van der Waals surface area contributed by atoms with Crippen molar-refractivity contribution >= 4 is 52.5 Å². The molecule has 0 unspecified atom stereocenters. The maximum absolute atomic E-state index is 12.9. The molecule has 0 saturated carbocycles. The molecule has 8 nitrogen and oxygen atoms in total. The Bertz CT molecular complexity index is 1060. The third kappa shape index (κ3) is 4.15. The third-order valence-electron chi connectivity index (χ3n) is 5.53. The van der Waals surface area contributed by atoms with Gasteiger partial charge in [0.1, 0.15) is 5.82 Å². The van der Waals surface area contributed by atoms with Crippen LogP contribution in [0, 0.1) is 5.92 Å². The van der Waals surface area contributed by atoms with E-state index in [0.29, 0.717) is 22.6 Å². The summed E-state index contributed by atoms with van der Waals surface area (Å²) in [5.41, 5.74) is 0.148. The molecule has 0 aliphatic carbocycles. The molecule has 2 aliphatic rings. The van der Waals surface area contributed by atoms with Gasteiger partial charge in [-0.05, 0) is 37.0 Å². The summed E-state index contributed by atoms with van der Waals surface area (Å²) in [6, 6.07) is 4.66. The number of halogens is 2. The molecule has 3 N–H and O–H groups in total. The zero-order valence-corrected chi connectivity index (χ0v) is 17.8. The number of anilines is 3. The molecule has 1 aromatic heterocycles. The highest BCUT2D eigenvalue weighted by atomic mass is 35.5. The molecule has 1 atom stereocenters. The van der Waals surface area contributed by atoms with E-state index in [4.69, 9.17) is 23.2 Å². The first-order valence-corrected chi connectivity index (χ1v) is 10.5. The number of amides is 2. The third-order valence-corrected chi connectivity index (χ3v) is 6.26. The number of rotatable bonds is 3. The molecule has 2 aromatic rings. The number of H-pyrrole nitrogens is 1. The fraction of sp³-hybridized carbons (Fsp3) is 0.400. The van der Waals surface area contributed by atoms with Crippen molar-refractivity contribution in [2.45, 2.75) is 32.1 Å². The van der Waals surface area contributed by atoms with E-state index in [1.54, 1.807) is 12.1 Å². The molecule has 0 radical (unpaired) electrons. The lowest BCUT2D eigenvalue weighted by Gasteiger charge is -2.31. The van der Waals surface area contributed by atoms with Crippen molar-refractivity contribution in [1.82, 2.24) is 9.97 Å². The van der Waals surface area contributed by atoms with Crippen LogP contribution in [0.1, 0.15) is 37.7 Å². The van der Waals surface area contributed by atoms with Gasteiger partial charge in [0, 0.05) is 25.2 Å². The lowest BCUT2D eigenvalue weighted by Crippen LogP contribution is -2.39. The summed E-state index contributed by atoms with van der Waals surface area (Å²) in [7, 11) is 0. The summed E-state index contributed by atoms with van der Waals surface area (Å²) >= 11 is 11.9. The van der Waals surface area contributed by atoms with Crippen LogP contribution in [0.2, 0.25) is 10.0 Å². The average Bonchev–Trinajstić information content (AvgIpc) is 2.70. The number of piperidine rings is 1. The van der Waals surface area contributed by atoms with Gasteiger partial charge in [-0.1, -0.05) is 30.1 Å². The first kappa shape index (κ1) is 20.7. The molecular formula is C20H21Cl2N5O3. The highest BCUT2D eigenvalue weighted by molar-refractivity contribution is 6.42. The Labute approximate surface area is 183 Å². The van der Waals surface area contributed by atoms with Crippen LogP contribution in [-0.4, -0.2) is 34.9 Å². The second-order valence-corrected chi connectivity index (χ2v) is 8.56. The van der Waals surface area contributed by atoms with E-state index in [2.05, 4.69) is 27.5 Å². The zero-order valence-electron chi connectivity index (χ0n) is 16.3. The first-order valence-electron chi connectivity index (χ1n) is 9.76. The van der Waals surface area contributed by atoms with Gasteiger partial charge in [-0.25, -0.2) is 0 Å². The van der Waals surface area contributed by atoms with Gasteiger partial charge in [-0.3, -0.25) is 19.4 Å². The Morgan fingerprint density at radius 2 is 1.93 bits per heavy atom. The van der Waals surface area contributed by atoms with Crippen molar-refractivity contribution in [3.63, 3.8) is 0 Å². The molecule has 3 heterocycles. The van der Waals surface area contributed by atoms with Crippen LogP contribution in [0.25, 0.3) is 0 Å². The van der Waals surface area contributed by atoms with Crippen LogP contribution in [0.15, 0.2) is 23.0 Å². The standard InChI is InChI=1S/C20H21Cl2N5O3/c1-10-4-6-27(7-5-10)20-25-17-16(19(30)26-20)12(9-15(28)24-17)18(29)23-11-2-3-13(21)14(22)8-11/h2-3,8,10,12H,4-7,9H2,1H3,(H,23,29)(H2,24,25,26,28,30)/t12-/m1/s1. The maximum Gasteiger partial charge on any atom is 0.258 e. The van der Waals surface area contributed by atoms with Crippen molar-refractivity contribution in [3.05, 3.63) is 44.2 Å². The van der Waals surface area contributed by atoms with Gasteiger partial charge in [0.05, 0.1) is 21.5 Å². The van der Waals surface area contributed by atoms with Gasteiger partial charge < -0.3 is 15.5 Å². The van der Waals surface area contributed by atoms with Gasteiger partial charge >= 0.3 is 0 Å². The molecule has 1 saturated heterocycles.